The van der Waals surface area contributed by atoms with Crippen LogP contribution in [-0.4, -0.2) is 73.6 Å². The number of thiocarbonyl (C=S) groups is 1. The Kier molecular flexibility index (Phi) is 9.23. The maximum Gasteiger partial charge on any atom is 0.257 e. The van der Waals surface area contributed by atoms with Crippen molar-refractivity contribution >= 4 is 57.8 Å². The third-order valence-electron chi connectivity index (χ3n) is 4.89. The van der Waals surface area contributed by atoms with E-state index in [0.717, 1.165) is 22.2 Å². The topological polar surface area (TPSA) is 156 Å². The Morgan fingerprint density at radius 2 is 1.64 bits per heavy atom. The first-order valence-electron chi connectivity index (χ1n) is 10.2. The van der Waals surface area contributed by atoms with Crippen LogP contribution in [0.15, 0.2) is 30.3 Å². The van der Waals surface area contributed by atoms with Crippen molar-refractivity contribution in [3.63, 3.8) is 0 Å². The molecule has 1 aromatic rings. The minimum atomic E-state index is -1.30. The van der Waals surface area contributed by atoms with Crippen LogP contribution in [0, 0.1) is 0 Å². The highest BCUT2D eigenvalue weighted by atomic mass is 32.2. The molecule has 178 valence electrons. The van der Waals surface area contributed by atoms with Gasteiger partial charge in [0, 0.05) is 6.42 Å². The Hall–Kier alpha value is -2.67. The Bertz CT molecular complexity index is 918. The molecule has 2 rings (SSSR count). The molecule has 1 aromatic carbocycles. The molecule has 12 heteroatoms. The van der Waals surface area contributed by atoms with Crippen molar-refractivity contribution in [3.8, 4) is 0 Å². The van der Waals surface area contributed by atoms with E-state index < -0.39 is 53.7 Å². The Labute approximate surface area is 201 Å². The van der Waals surface area contributed by atoms with E-state index in [1.807, 2.05) is 0 Å². The Morgan fingerprint density at radius 1 is 1.09 bits per heavy atom. The zero-order valence-electron chi connectivity index (χ0n) is 18.5. The molecular weight excluding hydrogens is 466 g/mol. The average Bonchev–Trinajstić information content (AvgIpc) is 3.10. The molecule has 4 atom stereocenters. The molecule has 0 aromatic heterocycles. The number of benzene rings is 1. The molecule has 1 heterocycles. The number of hydrogen-bond acceptors (Lipinski definition) is 9. The minimum absolute atomic E-state index is 0.0343. The van der Waals surface area contributed by atoms with Gasteiger partial charge in [-0.15, -0.1) is 0 Å². The first kappa shape index (κ1) is 26.6. The van der Waals surface area contributed by atoms with Crippen molar-refractivity contribution in [2.45, 2.75) is 51.4 Å². The zero-order chi connectivity index (χ0) is 24.9. The van der Waals surface area contributed by atoms with Crippen LogP contribution in [0.1, 0.15) is 26.3 Å². The largest absolute Gasteiger partial charge is 0.342 e. The standard InChI is InChI=1S/C21H27N5O5S2/c1-11(22)18(29)25(19(30)12(2)23)13(3)17(28)24-15(9-14-7-5-4-6-8-14)20(31)26-16(27)10-33-21(26)32/h4-8,11-13,15H,9-10,22-23H2,1-3H3,(H,24,28). The van der Waals surface area contributed by atoms with Crippen molar-refractivity contribution in [1.29, 1.82) is 0 Å². The molecule has 33 heavy (non-hydrogen) atoms. The van der Waals surface area contributed by atoms with Crippen LogP contribution in [0.2, 0.25) is 0 Å². The molecule has 0 aliphatic carbocycles. The molecule has 10 nitrogen and oxygen atoms in total. The number of nitrogens with zero attached hydrogens (tertiary/aromatic N) is 2. The number of rotatable bonds is 8. The van der Waals surface area contributed by atoms with Crippen LogP contribution in [-0.2, 0) is 30.4 Å². The predicted octanol–water partition coefficient (Wildman–Crippen LogP) is -0.461. The fraction of sp³-hybridized carbons (Fsp3) is 0.429. The van der Waals surface area contributed by atoms with Crippen LogP contribution in [0.3, 0.4) is 0 Å². The Balaban J connectivity index is 2.33. The molecule has 0 saturated carbocycles. The van der Waals surface area contributed by atoms with Crippen LogP contribution >= 0.6 is 24.0 Å². The van der Waals surface area contributed by atoms with Crippen molar-refractivity contribution in [1.82, 2.24) is 15.1 Å². The second-order valence-corrected chi connectivity index (χ2v) is 9.28. The van der Waals surface area contributed by atoms with Gasteiger partial charge in [-0.2, -0.15) is 0 Å². The average molecular weight is 494 g/mol. The normalized spacial score (nSPS) is 17.2. The molecule has 0 spiro atoms. The summed E-state index contributed by atoms with van der Waals surface area (Å²) < 4.78 is 0.103. The fourth-order valence-electron chi connectivity index (χ4n) is 3.11. The number of amides is 5. The van der Waals surface area contributed by atoms with Gasteiger partial charge in [0.05, 0.1) is 17.8 Å². The second-order valence-electron chi connectivity index (χ2n) is 7.67. The SMILES string of the molecule is CC(N)C(=O)N(C(=O)C(C)N)C(C)C(=O)NC(Cc1ccccc1)C(=O)N1C(=O)CSC1=S. The summed E-state index contributed by atoms with van der Waals surface area (Å²) in [6, 6.07) is 4.29. The van der Waals surface area contributed by atoms with Gasteiger partial charge in [0.15, 0.2) is 4.32 Å². The lowest BCUT2D eigenvalue weighted by Crippen LogP contribution is -2.60. The summed E-state index contributed by atoms with van der Waals surface area (Å²) in [6.07, 6.45) is 0.0671. The number of nitrogens with two attached hydrogens (primary N) is 2. The number of carbonyl (C=O) groups excluding carboxylic acids is 5. The smallest absolute Gasteiger partial charge is 0.257 e. The number of nitrogens with one attached hydrogen (secondary N) is 1. The van der Waals surface area contributed by atoms with Crippen molar-refractivity contribution in [2.75, 3.05) is 5.75 Å². The lowest BCUT2D eigenvalue weighted by molar-refractivity contribution is -0.153. The van der Waals surface area contributed by atoms with Gasteiger partial charge in [0.2, 0.25) is 23.6 Å². The second kappa shape index (κ2) is 11.5. The summed E-state index contributed by atoms with van der Waals surface area (Å²) in [5.74, 6) is -3.47. The maximum atomic E-state index is 13.2. The fourth-order valence-corrected chi connectivity index (χ4v) is 4.18. The van der Waals surface area contributed by atoms with E-state index >= 15 is 0 Å². The van der Waals surface area contributed by atoms with Gasteiger partial charge in [-0.25, -0.2) is 4.90 Å². The van der Waals surface area contributed by atoms with Gasteiger partial charge in [-0.05, 0) is 26.3 Å². The van der Waals surface area contributed by atoms with Gasteiger partial charge in [0.25, 0.3) is 5.91 Å². The third kappa shape index (κ3) is 6.44. The number of thioether (sulfide) groups is 1. The molecule has 1 aliphatic rings. The number of imide groups is 2. The first-order valence-corrected chi connectivity index (χ1v) is 11.6. The summed E-state index contributed by atoms with van der Waals surface area (Å²) in [7, 11) is 0. The lowest BCUT2D eigenvalue weighted by atomic mass is 10.0. The molecule has 0 radical (unpaired) electrons. The van der Waals surface area contributed by atoms with Gasteiger partial charge in [-0.1, -0.05) is 54.3 Å². The number of hydrogen-bond donors (Lipinski definition) is 3. The molecule has 1 fully saturated rings. The van der Waals surface area contributed by atoms with Crippen LogP contribution in [0.4, 0.5) is 0 Å². The molecule has 1 aliphatic heterocycles. The zero-order valence-corrected chi connectivity index (χ0v) is 20.2. The van der Waals surface area contributed by atoms with Gasteiger partial charge < -0.3 is 16.8 Å². The Morgan fingerprint density at radius 3 is 2.09 bits per heavy atom. The summed E-state index contributed by atoms with van der Waals surface area (Å²) in [5.41, 5.74) is 12.0. The highest BCUT2D eigenvalue weighted by molar-refractivity contribution is 8.24. The van der Waals surface area contributed by atoms with E-state index in [9.17, 15) is 24.0 Å². The molecule has 4 unspecified atom stereocenters. The lowest BCUT2D eigenvalue weighted by Gasteiger charge is -2.31. The first-order chi connectivity index (χ1) is 15.5. The molecule has 5 amide bonds. The van der Waals surface area contributed by atoms with Gasteiger partial charge >= 0.3 is 0 Å². The van der Waals surface area contributed by atoms with Crippen LogP contribution in [0.5, 0.6) is 0 Å². The van der Waals surface area contributed by atoms with Crippen molar-refractivity contribution in [2.24, 2.45) is 11.5 Å². The van der Waals surface area contributed by atoms with Crippen LogP contribution < -0.4 is 16.8 Å². The molecule has 0 bridgehead atoms. The van der Waals surface area contributed by atoms with Gasteiger partial charge in [0.1, 0.15) is 12.1 Å². The van der Waals surface area contributed by atoms with Crippen molar-refractivity contribution < 1.29 is 24.0 Å². The van der Waals surface area contributed by atoms with E-state index in [0.29, 0.717) is 4.90 Å². The molecule has 1 saturated heterocycles. The highest BCUT2D eigenvalue weighted by Crippen LogP contribution is 2.21. The van der Waals surface area contributed by atoms with Crippen molar-refractivity contribution in [3.05, 3.63) is 35.9 Å². The quantitative estimate of drug-likeness (QED) is 0.408. The summed E-state index contributed by atoms with van der Waals surface area (Å²) in [6.45, 7) is 4.10. The van der Waals surface area contributed by atoms with Crippen LogP contribution in [0.25, 0.3) is 0 Å². The molecular formula is C21H27N5O5S2. The maximum absolute atomic E-state index is 13.2. The monoisotopic (exact) mass is 493 g/mol. The van der Waals surface area contributed by atoms with E-state index in [1.54, 1.807) is 30.3 Å². The third-order valence-corrected chi connectivity index (χ3v) is 6.25. The summed E-state index contributed by atoms with van der Waals surface area (Å²) in [5, 5.41) is 2.57. The van der Waals surface area contributed by atoms with E-state index in [-0.39, 0.29) is 16.5 Å². The minimum Gasteiger partial charge on any atom is -0.342 e. The van der Waals surface area contributed by atoms with E-state index in [4.69, 9.17) is 23.7 Å². The summed E-state index contributed by atoms with van der Waals surface area (Å²) >= 11 is 6.18. The van der Waals surface area contributed by atoms with Gasteiger partial charge in [-0.3, -0.25) is 28.9 Å². The predicted molar refractivity (Wildman–Crippen MR) is 128 cm³/mol. The van der Waals surface area contributed by atoms with E-state index in [1.165, 1.54) is 20.8 Å². The highest BCUT2D eigenvalue weighted by Gasteiger charge is 2.39. The number of carbonyl (C=O) groups is 5. The molecule has 5 N–H and O–H groups in total. The summed E-state index contributed by atoms with van der Waals surface area (Å²) in [4.78, 5) is 65.1. The van der Waals surface area contributed by atoms with E-state index in [2.05, 4.69) is 5.32 Å².